The van der Waals surface area contributed by atoms with E-state index in [1.807, 2.05) is 59.4 Å². The molecule has 3 aromatic rings. The Hall–Kier alpha value is -3.36. The highest BCUT2D eigenvalue weighted by Gasteiger charge is 2.19. The van der Waals surface area contributed by atoms with Crippen molar-refractivity contribution in [1.82, 2.24) is 24.9 Å². The Morgan fingerprint density at radius 1 is 1.03 bits per heavy atom. The van der Waals surface area contributed by atoms with E-state index in [0.29, 0.717) is 19.4 Å². The van der Waals surface area contributed by atoms with Gasteiger partial charge < -0.3 is 19.7 Å². The Bertz CT molecular complexity index is 1120. The number of likely N-dealkylation sites (N-methyl/N-ethyl adjacent to an activating group) is 1. The smallest absolute Gasteiger partial charge is 0.231 e. The van der Waals surface area contributed by atoms with Crippen LogP contribution in [0.2, 0.25) is 0 Å². The molecule has 3 heterocycles. The predicted molar refractivity (Wildman–Crippen MR) is 130 cm³/mol. The summed E-state index contributed by atoms with van der Waals surface area (Å²) in [6.07, 6.45) is 3.05. The second-order valence-electron chi connectivity index (χ2n) is 8.85. The predicted octanol–water partition coefficient (Wildman–Crippen LogP) is 2.56. The summed E-state index contributed by atoms with van der Waals surface area (Å²) in [4.78, 5) is 17.3. The summed E-state index contributed by atoms with van der Waals surface area (Å²) in [5, 5.41) is 7.95. The third-order valence-electron chi connectivity index (χ3n) is 6.42. The molecular weight excluding hydrogens is 430 g/mol. The number of aromatic nitrogens is 2. The normalized spacial score (nSPS) is 16.0. The Balaban J connectivity index is 1.25. The van der Waals surface area contributed by atoms with Crippen LogP contribution >= 0.6 is 0 Å². The number of para-hydroxylation sites is 1. The minimum atomic E-state index is 0.0678. The molecule has 178 valence electrons. The van der Waals surface area contributed by atoms with Crippen molar-refractivity contribution in [3.8, 4) is 28.4 Å². The molecule has 1 saturated heterocycles. The van der Waals surface area contributed by atoms with Gasteiger partial charge in [0.2, 0.25) is 12.7 Å². The summed E-state index contributed by atoms with van der Waals surface area (Å²) < 4.78 is 12.9. The van der Waals surface area contributed by atoms with Crippen molar-refractivity contribution in [2.45, 2.75) is 12.8 Å². The molecule has 0 unspecified atom stereocenters. The van der Waals surface area contributed by atoms with E-state index < -0.39 is 0 Å². The van der Waals surface area contributed by atoms with Gasteiger partial charge in [-0.1, -0.05) is 18.2 Å². The molecule has 0 aliphatic carbocycles. The van der Waals surface area contributed by atoms with Crippen LogP contribution in [0.25, 0.3) is 16.9 Å². The van der Waals surface area contributed by atoms with E-state index in [4.69, 9.17) is 14.6 Å². The molecule has 8 nitrogen and oxygen atoms in total. The number of benzene rings is 2. The van der Waals surface area contributed by atoms with E-state index in [9.17, 15) is 4.79 Å². The van der Waals surface area contributed by atoms with Gasteiger partial charge in [0.05, 0.1) is 11.4 Å². The molecule has 1 amide bonds. The monoisotopic (exact) mass is 461 g/mol. The third kappa shape index (κ3) is 5.24. The minimum Gasteiger partial charge on any atom is -0.454 e. The van der Waals surface area contributed by atoms with Crippen molar-refractivity contribution in [2.75, 3.05) is 53.1 Å². The first-order chi connectivity index (χ1) is 16.7. The standard InChI is InChI=1S/C26H31N5O3/c1-29-13-15-30(16-14-29)12-11-27-25(32)10-8-21-18-31(22-5-3-2-4-6-22)28-26(21)20-7-9-23-24(17-20)34-19-33-23/h2-7,9,17-18H,8,10-16,19H2,1H3,(H,27,32). The average Bonchev–Trinajstić information content (AvgIpc) is 3.51. The van der Waals surface area contributed by atoms with Crippen LogP contribution in [0.1, 0.15) is 12.0 Å². The molecule has 1 aromatic heterocycles. The lowest BCUT2D eigenvalue weighted by Crippen LogP contribution is -2.46. The zero-order valence-corrected chi connectivity index (χ0v) is 19.6. The number of piperazine rings is 1. The summed E-state index contributed by atoms with van der Waals surface area (Å²) in [5.41, 5.74) is 3.81. The molecule has 0 saturated carbocycles. The first kappa shape index (κ1) is 22.4. The number of aryl methyl sites for hydroxylation is 1. The van der Waals surface area contributed by atoms with Crippen LogP contribution in [0.5, 0.6) is 11.5 Å². The van der Waals surface area contributed by atoms with Gasteiger partial charge in [0.25, 0.3) is 0 Å². The third-order valence-corrected chi connectivity index (χ3v) is 6.42. The van der Waals surface area contributed by atoms with E-state index in [1.54, 1.807) is 0 Å². The first-order valence-corrected chi connectivity index (χ1v) is 11.9. The number of carbonyl (C=O) groups excluding carboxylic acids is 1. The van der Waals surface area contributed by atoms with Crippen LogP contribution in [-0.2, 0) is 11.2 Å². The molecule has 1 N–H and O–H groups in total. The molecule has 0 radical (unpaired) electrons. The summed E-state index contributed by atoms with van der Waals surface area (Å²) in [6.45, 7) is 6.10. The van der Waals surface area contributed by atoms with E-state index in [0.717, 1.165) is 66.7 Å². The molecule has 2 aliphatic rings. The maximum atomic E-state index is 12.6. The highest BCUT2D eigenvalue weighted by atomic mass is 16.7. The van der Waals surface area contributed by atoms with Gasteiger partial charge in [0, 0.05) is 57.4 Å². The van der Waals surface area contributed by atoms with Gasteiger partial charge in [-0.15, -0.1) is 0 Å². The molecule has 0 bridgehead atoms. The van der Waals surface area contributed by atoms with E-state index in [2.05, 4.69) is 22.2 Å². The van der Waals surface area contributed by atoms with Crippen molar-refractivity contribution in [3.63, 3.8) is 0 Å². The maximum absolute atomic E-state index is 12.6. The van der Waals surface area contributed by atoms with Crippen LogP contribution < -0.4 is 14.8 Å². The highest BCUT2D eigenvalue weighted by Crippen LogP contribution is 2.36. The molecule has 0 atom stereocenters. The minimum absolute atomic E-state index is 0.0678. The Labute approximate surface area is 200 Å². The number of nitrogens with zero attached hydrogens (tertiary/aromatic N) is 4. The van der Waals surface area contributed by atoms with Gasteiger partial charge >= 0.3 is 0 Å². The fourth-order valence-electron chi connectivity index (χ4n) is 4.35. The quantitative estimate of drug-likeness (QED) is 0.556. The molecule has 34 heavy (non-hydrogen) atoms. The summed E-state index contributed by atoms with van der Waals surface area (Å²) >= 11 is 0. The molecule has 5 rings (SSSR count). The second kappa shape index (κ2) is 10.3. The lowest BCUT2D eigenvalue weighted by Gasteiger charge is -2.32. The van der Waals surface area contributed by atoms with Crippen LogP contribution in [-0.4, -0.2) is 78.6 Å². The van der Waals surface area contributed by atoms with Crippen molar-refractivity contribution >= 4 is 5.91 Å². The number of carbonyl (C=O) groups is 1. The highest BCUT2D eigenvalue weighted by molar-refractivity contribution is 5.77. The Kier molecular flexibility index (Phi) is 6.78. The molecule has 1 fully saturated rings. The average molecular weight is 462 g/mol. The zero-order chi connectivity index (χ0) is 23.3. The van der Waals surface area contributed by atoms with Crippen molar-refractivity contribution < 1.29 is 14.3 Å². The number of rotatable bonds is 8. The number of hydrogen-bond acceptors (Lipinski definition) is 6. The maximum Gasteiger partial charge on any atom is 0.231 e. The molecular formula is C26H31N5O3. The molecule has 8 heteroatoms. The van der Waals surface area contributed by atoms with E-state index in [1.165, 1.54) is 0 Å². The lowest BCUT2D eigenvalue weighted by molar-refractivity contribution is -0.121. The SMILES string of the molecule is CN1CCN(CCNC(=O)CCc2cn(-c3ccccc3)nc2-c2ccc3c(c2)OCO3)CC1. The summed E-state index contributed by atoms with van der Waals surface area (Å²) in [7, 11) is 2.15. The van der Waals surface area contributed by atoms with Crippen LogP contribution in [0, 0.1) is 0 Å². The summed E-state index contributed by atoms with van der Waals surface area (Å²) in [5.74, 6) is 1.53. The van der Waals surface area contributed by atoms with Gasteiger partial charge in [-0.05, 0) is 49.4 Å². The lowest BCUT2D eigenvalue weighted by atomic mass is 10.0. The molecule has 2 aliphatic heterocycles. The van der Waals surface area contributed by atoms with Gasteiger partial charge in [-0.25, -0.2) is 4.68 Å². The number of ether oxygens (including phenoxy) is 2. The largest absolute Gasteiger partial charge is 0.454 e. The van der Waals surface area contributed by atoms with Crippen molar-refractivity contribution in [1.29, 1.82) is 0 Å². The topological polar surface area (TPSA) is 71.9 Å². The van der Waals surface area contributed by atoms with E-state index in [-0.39, 0.29) is 12.7 Å². The van der Waals surface area contributed by atoms with Crippen molar-refractivity contribution in [3.05, 3.63) is 60.3 Å². The Morgan fingerprint density at radius 2 is 1.82 bits per heavy atom. The number of nitrogens with one attached hydrogen (secondary N) is 1. The number of amides is 1. The molecule has 2 aromatic carbocycles. The number of hydrogen-bond donors (Lipinski definition) is 1. The van der Waals surface area contributed by atoms with Crippen LogP contribution in [0.3, 0.4) is 0 Å². The fraction of sp³-hybridized carbons (Fsp3) is 0.385. The Morgan fingerprint density at radius 3 is 2.65 bits per heavy atom. The molecule has 0 spiro atoms. The van der Waals surface area contributed by atoms with Gasteiger partial charge in [-0.2, -0.15) is 5.10 Å². The van der Waals surface area contributed by atoms with Gasteiger partial charge in [-0.3, -0.25) is 9.69 Å². The van der Waals surface area contributed by atoms with Crippen LogP contribution in [0.15, 0.2) is 54.7 Å². The van der Waals surface area contributed by atoms with E-state index >= 15 is 0 Å². The van der Waals surface area contributed by atoms with Crippen molar-refractivity contribution in [2.24, 2.45) is 0 Å². The first-order valence-electron chi connectivity index (χ1n) is 11.9. The summed E-state index contributed by atoms with van der Waals surface area (Å²) in [6, 6.07) is 15.9. The fourth-order valence-corrected chi connectivity index (χ4v) is 4.35. The second-order valence-corrected chi connectivity index (χ2v) is 8.85. The zero-order valence-electron chi connectivity index (χ0n) is 19.6. The van der Waals surface area contributed by atoms with Gasteiger partial charge in [0.15, 0.2) is 11.5 Å². The van der Waals surface area contributed by atoms with Gasteiger partial charge in [0.1, 0.15) is 0 Å². The van der Waals surface area contributed by atoms with Crippen LogP contribution in [0.4, 0.5) is 0 Å². The number of fused-ring (bicyclic) bond motifs is 1.